The van der Waals surface area contributed by atoms with Gasteiger partial charge in [0.25, 0.3) is 5.91 Å². The number of rotatable bonds is 2. The normalized spacial score (nSPS) is 24.8. The van der Waals surface area contributed by atoms with Crippen molar-refractivity contribution >= 4 is 11.6 Å². The number of hydrogen-bond donors (Lipinski definition) is 2. The van der Waals surface area contributed by atoms with Crippen LogP contribution in [0.4, 0.5) is 5.69 Å². The third-order valence-electron chi connectivity index (χ3n) is 4.24. The van der Waals surface area contributed by atoms with Crippen molar-refractivity contribution in [2.24, 2.45) is 5.92 Å². The van der Waals surface area contributed by atoms with Crippen LogP contribution in [0.25, 0.3) is 0 Å². The largest absolute Gasteiger partial charge is 0.489 e. The van der Waals surface area contributed by atoms with Crippen molar-refractivity contribution in [3.8, 4) is 5.75 Å². The summed E-state index contributed by atoms with van der Waals surface area (Å²) in [6.45, 7) is 4.11. The molecule has 2 unspecified atom stereocenters. The summed E-state index contributed by atoms with van der Waals surface area (Å²) in [5, 5.41) is 12.7. The molecule has 2 N–H and O–H groups in total. The summed E-state index contributed by atoms with van der Waals surface area (Å²) >= 11 is 0. The lowest BCUT2D eigenvalue weighted by Gasteiger charge is -2.27. The van der Waals surface area contributed by atoms with Crippen molar-refractivity contribution in [1.82, 2.24) is 4.90 Å². The molecule has 1 amide bonds. The molecule has 0 radical (unpaired) electrons. The molecule has 2 atom stereocenters. The van der Waals surface area contributed by atoms with E-state index in [1.165, 1.54) is 0 Å². The van der Waals surface area contributed by atoms with Gasteiger partial charge in [0.2, 0.25) is 0 Å². The summed E-state index contributed by atoms with van der Waals surface area (Å²) in [5.74, 6) is 0.927. The molecule has 3 rings (SSSR count). The molecule has 2 aliphatic heterocycles. The minimum Gasteiger partial charge on any atom is -0.489 e. The lowest BCUT2D eigenvalue weighted by atomic mass is 10.0. The first-order valence-corrected chi connectivity index (χ1v) is 7.14. The molecule has 0 aromatic heterocycles. The highest BCUT2D eigenvalue weighted by Crippen LogP contribution is 2.34. The summed E-state index contributed by atoms with van der Waals surface area (Å²) < 4.78 is 5.66. The zero-order chi connectivity index (χ0) is 14.1. The quantitative estimate of drug-likeness (QED) is 0.855. The zero-order valence-electron chi connectivity index (χ0n) is 11.6. The van der Waals surface area contributed by atoms with Gasteiger partial charge in [-0.3, -0.25) is 4.79 Å². The van der Waals surface area contributed by atoms with Crippen LogP contribution in [0, 0.1) is 5.92 Å². The van der Waals surface area contributed by atoms with Gasteiger partial charge in [-0.15, -0.1) is 0 Å². The Morgan fingerprint density at radius 3 is 3.20 bits per heavy atom. The Labute approximate surface area is 118 Å². The zero-order valence-corrected chi connectivity index (χ0v) is 11.6. The van der Waals surface area contributed by atoms with E-state index in [1.807, 2.05) is 12.1 Å². The van der Waals surface area contributed by atoms with Gasteiger partial charge in [-0.1, -0.05) is 13.0 Å². The van der Waals surface area contributed by atoms with E-state index in [-0.39, 0.29) is 18.6 Å². The third kappa shape index (κ3) is 2.12. The Morgan fingerprint density at radius 2 is 2.40 bits per heavy atom. The van der Waals surface area contributed by atoms with E-state index < -0.39 is 0 Å². The second-order valence-electron chi connectivity index (χ2n) is 5.47. The number of para-hydroxylation sites is 1. The molecule has 0 bridgehead atoms. The number of likely N-dealkylation sites (tertiary alicyclic amines) is 1. The van der Waals surface area contributed by atoms with Crippen LogP contribution in [-0.2, 0) is 0 Å². The van der Waals surface area contributed by atoms with Gasteiger partial charge in [-0.25, -0.2) is 0 Å². The molecule has 1 aromatic rings. The van der Waals surface area contributed by atoms with E-state index in [1.54, 1.807) is 11.0 Å². The van der Waals surface area contributed by atoms with Gasteiger partial charge in [0.15, 0.2) is 5.75 Å². The number of aliphatic hydroxyl groups is 1. The number of ether oxygens (including phenoxy) is 1. The highest BCUT2D eigenvalue weighted by Gasteiger charge is 2.35. The molecule has 5 nitrogen and oxygen atoms in total. The molecule has 0 spiro atoms. The van der Waals surface area contributed by atoms with Crippen molar-refractivity contribution in [1.29, 1.82) is 0 Å². The molecular formula is C15H20N2O3. The van der Waals surface area contributed by atoms with E-state index in [9.17, 15) is 9.90 Å². The Hall–Kier alpha value is -1.75. The number of anilines is 1. The molecule has 0 aliphatic carbocycles. The second kappa shape index (κ2) is 5.32. The van der Waals surface area contributed by atoms with E-state index >= 15 is 0 Å². The number of nitrogens with zero attached hydrogens (tertiary/aromatic N) is 1. The number of carbonyl (C=O) groups excluding carboxylic acids is 1. The van der Waals surface area contributed by atoms with Crippen LogP contribution in [0.5, 0.6) is 5.75 Å². The minimum atomic E-state index is -0.0881. The molecule has 1 aromatic carbocycles. The topological polar surface area (TPSA) is 61.8 Å². The van der Waals surface area contributed by atoms with Crippen LogP contribution >= 0.6 is 0 Å². The molecule has 20 heavy (non-hydrogen) atoms. The van der Waals surface area contributed by atoms with Crippen LogP contribution in [0.2, 0.25) is 0 Å². The summed E-state index contributed by atoms with van der Waals surface area (Å²) in [7, 11) is 0. The highest BCUT2D eigenvalue weighted by atomic mass is 16.5. The van der Waals surface area contributed by atoms with Crippen molar-refractivity contribution in [3.05, 3.63) is 23.8 Å². The predicted octanol–water partition coefficient (Wildman–Crippen LogP) is 1.33. The lowest BCUT2D eigenvalue weighted by Crippen LogP contribution is -2.40. The Balaban J connectivity index is 1.91. The third-order valence-corrected chi connectivity index (χ3v) is 4.24. The Kier molecular flexibility index (Phi) is 3.53. The maximum atomic E-state index is 12.7. The molecular weight excluding hydrogens is 256 g/mol. The maximum Gasteiger partial charge on any atom is 0.258 e. The van der Waals surface area contributed by atoms with Crippen LogP contribution in [0.1, 0.15) is 23.7 Å². The minimum absolute atomic E-state index is 0.0149. The summed E-state index contributed by atoms with van der Waals surface area (Å²) in [6, 6.07) is 5.49. The van der Waals surface area contributed by atoms with E-state index in [0.29, 0.717) is 30.4 Å². The van der Waals surface area contributed by atoms with Crippen molar-refractivity contribution in [2.75, 3.05) is 31.6 Å². The van der Waals surface area contributed by atoms with Crippen LogP contribution < -0.4 is 10.1 Å². The van der Waals surface area contributed by atoms with Crippen LogP contribution in [0.3, 0.4) is 0 Å². The van der Waals surface area contributed by atoms with Crippen molar-refractivity contribution in [2.45, 2.75) is 19.4 Å². The first-order chi connectivity index (χ1) is 9.72. The van der Waals surface area contributed by atoms with Crippen LogP contribution in [0.15, 0.2) is 18.2 Å². The van der Waals surface area contributed by atoms with Gasteiger partial charge in [-0.05, 0) is 24.5 Å². The number of benzene rings is 1. The molecule has 0 saturated carbocycles. The van der Waals surface area contributed by atoms with Gasteiger partial charge < -0.3 is 20.1 Å². The highest BCUT2D eigenvalue weighted by molar-refractivity contribution is 5.99. The maximum absolute atomic E-state index is 12.7. The van der Waals surface area contributed by atoms with Gasteiger partial charge in [-0.2, -0.15) is 0 Å². The van der Waals surface area contributed by atoms with E-state index in [0.717, 1.165) is 18.7 Å². The number of hydrogen-bond acceptors (Lipinski definition) is 4. The average molecular weight is 276 g/mol. The first-order valence-electron chi connectivity index (χ1n) is 7.14. The van der Waals surface area contributed by atoms with Crippen LogP contribution in [-0.4, -0.2) is 48.3 Å². The smallest absolute Gasteiger partial charge is 0.258 e. The first kappa shape index (κ1) is 13.2. The van der Waals surface area contributed by atoms with Crippen molar-refractivity contribution in [3.63, 3.8) is 0 Å². The van der Waals surface area contributed by atoms with Gasteiger partial charge in [0, 0.05) is 13.1 Å². The fourth-order valence-corrected chi connectivity index (χ4v) is 3.03. The predicted molar refractivity (Wildman–Crippen MR) is 76.1 cm³/mol. The standard InChI is InChI=1S/C15H20N2O3/c1-10-5-7-17(13(10)9-18)15(19)11-3-2-4-12-14(11)20-8-6-16-12/h2-4,10,13,16,18H,5-9H2,1H3. The van der Waals surface area contributed by atoms with Gasteiger partial charge in [0.1, 0.15) is 6.61 Å². The summed E-state index contributed by atoms with van der Waals surface area (Å²) in [5.41, 5.74) is 1.46. The summed E-state index contributed by atoms with van der Waals surface area (Å²) in [6.07, 6.45) is 0.936. The summed E-state index contributed by atoms with van der Waals surface area (Å²) in [4.78, 5) is 14.5. The number of carbonyl (C=O) groups is 1. The Bertz CT molecular complexity index is 518. The monoisotopic (exact) mass is 276 g/mol. The molecule has 1 fully saturated rings. The molecule has 5 heteroatoms. The van der Waals surface area contributed by atoms with Gasteiger partial charge >= 0.3 is 0 Å². The molecule has 2 aliphatic rings. The number of nitrogens with one attached hydrogen (secondary N) is 1. The number of aliphatic hydroxyl groups excluding tert-OH is 1. The lowest BCUT2D eigenvalue weighted by molar-refractivity contribution is 0.0644. The molecule has 108 valence electrons. The fourth-order valence-electron chi connectivity index (χ4n) is 3.03. The van der Waals surface area contributed by atoms with E-state index in [2.05, 4.69) is 12.2 Å². The fraction of sp³-hybridized carbons (Fsp3) is 0.533. The SMILES string of the molecule is CC1CCN(C(=O)c2cccc3c2OCCN3)C1CO. The Morgan fingerprint density at radius 1 is 1.55 bits per heavy atom. The van der Waals surface area contributed by atoms with Gasteiger partial charge in [0.05, 0.1) is 23.9 Å². The number of fused-ring (bicyclic) bond motifs is 1. The van der Waals surface area contributed by atoms with E-state index in [4.69, 9.17) is 4.74 Å². The molecule has 1 saturated heterocycles. The molecule has 2 heterocycles. The van der Waals surface area contributed by atoms with Crippen molar-refractivity contribution < 1.29 is 14.6 Å². The average Bonchev–Trinajstić information content (AvgIpc) is 2.86. The second-order valence-corrected chi connectivity index (χ2v) is 5.47. The number of amides is 1.